The lowest BCUT2D eigenvalue weighted by Crippen LogP contribution is -2.27. The molecule has 5 N–H and O–H groups in total. The molecule has 24 nitrogen and oxygen atoms in total. The van der Waals surface area contributed by atoms with Crippen molar-refractivity contribution in [2.45, 2.75) is 64.2 Å². The number of alkyl halides is 6. The number of fused-ring (bicyclic) bond motifs is 5. The third-order valence-corrected chi connectivity index (χ3v) is 24.5. The number of carbonyl (C=O) groups excluding carboxylic acids is 5. The highest BCUT2D eigenvalue weighted by Crippen LogP contribution is 2.37. The van der Waals surface area contributed by atoms with E-state index in [2.05, 4.69) is 52.1 Å². The molecule has 0 spiro atoms. The zero-order valence-electron chi connectivity index (χ0n) is 81.2. The van der Waals surface area contributed by atoms with Gasteiger partial charge < -0.3 is 45.5 Å². The van der Waals surface area contributed by atoms with Crippen molar-refractivity contribution in [1.29, 1.82) is 0 Å². The van der Waals surface area contributed by atoms with E-state index >= 15 is 0 Å². The molecule has 0 saturated carbocycles. The molecule has 0 aliphatic rings. The summed E-state index contributed by atoms with van der Waals surface area (Å²) in [6.07, 6.45) is -0.241. The second kappa shape index (κ2) is 46.6. The number of amides is 5. The number of halogens is 11. The molecule has 2 unspecified atom stereocenters. The van der Waals surface area contributed by atoms with E-state index in [1.165, 1.54) is 97.3 Å². The van der Waals surface area contributed by atoms with E-state index in [0.717, 1.165) is 79.7 Å². The van der Waals surface area contributed by atoms with Gasteiger partial charge in [-0.25, -0.2) is 45.4 Å². The van der Waals surface area contributed by atoms with Gasteiger partial charge >= 0.3 is 12.4 Å². The summed E-state index contributed by atoms with van der Waals surface area (Å²) in [5.41, 5.74) is 11.5. The molecule has 0 aliphatic carbocycles. The van der Waals surface area contributed by atoms with Crippen LogP contribution in [0.25, 0.3) is 83.0 Å². The van der Waals surface area contributed by atoms with Gasteiger partial charge in [-0.15, -0.1) is 0 Å². The van der Waals surface area contributed by atoms with Gasteiger partial charge in [0.1, 0.15) is 29.1 Å². The maximum absolute atomic E-state index is 13.2. The lowest BCUT2D eigenvalue weighted by Gasteiger charge is -2.16. The molecule has 0 aliphatic heterocycles. The van der Waals surface area contributed by atoms with Crippen LogP contribution in [0.3, 0.4) is 0 Å². The van der Waals surface area contributed by atoms with Gasteiger partial charge in [-0.05, 0) is 286 Å². The number of methoxy groups -OCH3 is 4. The molecule has 15 aromatic carbocycles. The van der Waals surface area contributed by atoms with Crippen molar-refractivity contribution < 1.29 is 91.2 Å². The summed E-state index contributed by atoms with van der Waals surface area (Å²) < 4.78 is 173. The van der Waals surface area contributed by atoms with Crippen LogP contribution in [0.1, 0.15) is 130 Å². The van der Waals surface area contributed by atoms with E-state index in [0.29, 0.717) is 126 Å². The number of nitrogens with one attached hydrogen (secondary N) is 5. The van der Waals surface area contributed by atoms with E-state index in [1.54, 1.807) is 212 Å². The van der Waals surface area contributed by atoms with Gasteiger partial charge in [0.25, 0.3) is 29.5 Å². The molecule has 20 rings (SSSR count). The number of benzene rings is 15. The monoisotopic (exact) mass is 2040 g/mol. The molecule has 5 aromatic heterocycles. The first-order chi connectivity index (χ1) is 72.3. The first kappa shape index (κ1) is 104. The zero-order valence-corrected chi connectivity index (χ0v) is 81.2. The molecular formula is C115H94F11N15O9. The molecule has 5 amide bonds. The summed E-state index contributed by atoms with van der Waals surface area (Å²) in [4.78, 5) is 64.3. The quantitative estimate of drug-likeness (QED) is 0.0333. The number of hydrogen-bond acceptors (Lipinski definition) is 14. The Bertz CT molecular complexity index is 8030. The summed E-state index contributed by atoms with van der Waals surface area (Å²) >= 11 is 0. The Hall–Kier alpha value is -18.6. The molecule has 150 heavy (non-hydrogen) atoms. The highest BCUT2D eigenvalue weighted by molar-refractivity contribution is 6.10. The second-order valence-electron chi connectivity index (χ2n) is 34.2. The van der Waals surface area contributed by atoms with Gasteiger partial charge in [-0.1, -0.05) is 97.1 Å². The van der Waals surface area contributed by atoms with Crippen LogP contribution in [-0.2, 0) is 25.3 Å². The number of rotatable bonds is 25. The summed E-state index contributed by atoms with van der Waals surface area (Å²) in [6.45, 7) is 6.00. The Balaban J connectivity index is 0.000000134. The number of nitrogens with zero attached hydrogens (tertiary/aromatic N) is 10. The normalized spacial score (nSPS) is 11.8. The lowest BCUT2D eigenvalue weighted by molar-refractivity contribution is -0.138. The maximum Gasteiger partial charge on any atom is 0.416 e. The highest BCUT2D eigenvalue weighted by atomic mass is 19.4. The fourth-order valence-electron chi connectivity index (χ4n) is 16.7. The van der Waals surface area contributed by atoms with Crippen LogP contribution in [0, 0.1) is 29.1 Å². The third-order valence-electron chi connectivity index (χ3n) is 24.5. The van der Waals surface area contributed by atoms with E-state index in [9.17, 15) is 72.3 Å². The zero-order chi connectivity index (χ0) is 106. The summed E-state index contributed by atoms with van der Waals surface area (Å²) in [7, 11) is 6.33. The summed E-state index contributed by atoms with van der Waals surface area (Å²) in [5, 5.41) is 39.5. The van der Waals surface area contributed by atoms with Gasteiger partial charge in [0.2, 0.25) is 0 Å². The number of hydrogen-bond donors (Lipinski definition) is 5. The van der Waals surface area contributed by atoms with Gasteiger partial charge in [0.15, 0.2) is 23.0 Å². The van der Waals surface area contributed by atoms with E-state index in [1.807, 2.05) is 97.9 Å². The van der Waals surface area contributed by atoms with Crippen molar-refractivity contribution in [2.24, 2.45) is 0 Å². The summed E-state index contributed by atoms with van der Waals surface area (Å²) in [5.74, 6) is -0.530. The van der Waals surface area contributed by atoms with Gasteiger partial charge in [0.05, 0.1) is 173 Å². The smallest absolute Gasteiger partial charge is 0.416 e. The minimum absolute atomic E-state index is 0.110. The molecule has 20 aromatic rings. The molecule has 35 heteroatoms. The number of aromatic nitrogens is 10. The van der Waals surface area contributed by atoms with E-state index < -0.39 is 47.4 Å². The first-order valence-electron chi connectivity index (χ1n) is 46.8. The second-order valence-corrected chi connectivity index (χ2v) is 34.2. The Morgan fingerprint density at radius 2 is 0.540 bits per heavy atom. The van der Waals surface area contributed by atoms with Gasteiger partial charge in [-0.3, -0.25) is 24.0 Å². The Labute approximate surface area is 851 Å². The molecular weight excluding hydrogens is 1940 g/mol. The van der Waals surface area contributed by atoms with Crippen molar-refractivity contribution in [3.8, 4) is 51.4 Å². The highest BCUT2D eigenvalue weighted by Gasteiger charge is 2.33. The van der Waals surface area contributed by atoms with E-state index in [-0.39, 0.29) is 52.8 Å². The first-order valence-corrected chi connectivity index (χ1v) is 46.8. The average molecular weight is 2040 g/mol. The minimum Gasteiger partial charge on any atom is -0.493 e. The Morgan fingerprint density at radius 3 is 0.833 bits per heavy atom. The van der Waals surface area contributed by atoms with Crippen molar-refractivity contribution in [2.75, 3.05) is 35.0 Å². The Morgan fingerprint density at radius 1 is 0.280 bits per heavy atom. The predicted octanol–water partition coefficient (Wildman–Crippen LogP) is 24.3. The van der Waals surface area contributed by atoms with Gasteiger partial charge in [0, 0.05) is 40.0 Å². The third kappa shape index (κ3) is 24.5. The molecule has 0 saturated heterocycles. The van der Waals surface area contributed by atoms with Crippen molar-refractivity contribution in [1.82, 2.24) is 75.5 Å². The van der Waals surface area contributed by atoms with Crippen LogP contribution in [0.2, 0.25) is 0 Å². The van der Waals surface area contributed by atoms with Crippen molar-refractivity contribution in [3.63, 3.8) is 0 Å². The SMILES string of the molecule is CC(NC(=O)c1cccc2c1cnn2-c1ccc(F)cc1)c1cccc(C(F)(F)F)c1.CC(NC(=O)c1cccc2c1cnn2-c1ccc(F)cc1)c1ccccc1.COc1ccc(CCNC(=O)c2cccc3c2cnn3-c2ccc(F)cc2)cc1OC.COc1ccc(CNC(=O)c2cccc3c2cnn3-c2ccc(F)cc2)cc1OC.C[C@@H](NC(=O)c1cccc2c1cnn2-c1ccc(F)cc1)c1cccc(C(F)(F)F)c1. The molecule has 5 heterocycles. The molecule has 3 atom stereocenters. The molecule has 0 fully saturated rings. The van der Waals surface area contributed by atoms with Crippen LogP contribution >= 0.6 is 0 Å². The van der Waals surface area contributed by atoms with E-state index in [4.69, 9.17) is 18.9 Å². The fourth-order valence-corrected chi connectivity index (χ4v) is 16.7. The van der Waals surface area contributed by atoms with Gasteiger partial charge in [-0.2, -0.15) is 51.8 Å². The largest absolute Gasteiger partial charge is 0.493 e. The van der Waals surface area contributed by atoms with Crippen LogP contribution in [0.15, 0.2) is 359 Å². The van der Waals surface area contributed by atoms with Crippen molar-refractivity contribution >= 4 is 84.1 Å². The standard InChI is InChI=1S/C24H22FN3O3.2C23H17F4N3O.C23H20FN3O3.C22H18FN3O/c1-30-22-11-6-16(14-23(22)31-2)12-13-26-24(29)19-4-3-5-21-20(19)15-27-28(21)18-9-7-17(25)8-10-18;2*1-14(15-4-2-5-16(12-15)23(25,26)27)29-22(31)19-6-3-7-21-20(19)13-28-30(21)18-10-8-17(24)9-11-18;1-29-21-11-6-15(12-22(21)30-2)13-25-23(28)18-4-3-5-20-19(18)14-26-27(20)17-9-7-16(24)8-10-17;1-15(16-6-3-2-4-7-16)25-22(27)19-8-5-9-21-20(19)14-24-26(21)18-12-10-17(23)11-13-18/h3-11,14-15H,12-13H2,1-2H3,(H,26,29);2*2-14H,1H3,(H,29,31);3-12,14H,13H2,1-2H3,(H,25,28);2-15H,1H3,(H,25,27)/t;14-;;;/m.1.../s1. The Kier molecular flexibility index (Phi) is 32.4. The van der Waals surface area contributed by atoms with Crippen LogP contribution in [-0.4, -0.2) is 113 Å². The van der Waals surface area contributed by atoms with Crippen LogP contribution in [0.5, 0.6) is 23.0 Å². The van der Waals surface area contributed by atoms with Crippen molar-refractivity contribution in [3.05, 3.63) is 454 Å². The van der Waals surface area contributed by atoms with Crippen LogP contribution < -0.4 is 45.5 Å². The maximum atomic E-state index is 13.2. The number of ether oxygens (including phenoxy) is 4. The predicted molar refractivity (Wildman–Crippen MR) is 548 cm³/mol. The fraction of sp³-hybridized carbons (Fsp3) is 0.130. The number of carbonyl (C=O) groups is 5. The summed E-state index contributed by atoms with van der Waals surface area (Å²) in [6, 6.07) is 85.7. The van der Waals surface area contributed by atoms with Crippen LogP contribution in [0.4, 0.5) is 48.3 Å². The minimum atomic E-state index is -4.46. The molecule has 760 valence electrons. The average Bonchev–Trinajstić information content (AvgIpc) is 1.65. The molecule has 0 radical (unpaired) electrons. The molecule has 0 bridgehead atoms. The lowest BCUT2D eigenvalue weighted by atomic mass is 10.0. The topological polar surface area (TPSA) is 272 Å².